The Bertz CT molecular complexity index is 318. The van der Waals surface area contributed by atoms with E-state index in [1.54, 1.807) is 11.8 Å². The number of unbranched alkanes of at least 4 members (excludes halogenated alkanes) is 1. The number of sulfone groups is 1. The molecule has 1 heterocycles. The Kier molecular flexibility index (Phi) is 4.13. The average Bonchev–Trinajstić information content (AvgIpc) is 2.12. The molecule has 0 N–H and O–H groups in total. The summed E-state index contributed by atoms with van der Waals surface area (Å²) < 4.78 is 22.9. The molecule has 88 valence electrons. The van der Waals surface area contributed by atoms with Gasteiger partial charge >= 0.3 is 0 Å². The molecule has 1 aliphatic rings. The Morgan fingerprint density at radius 3 is 2.40 bits per heavy atom. The van der Waals surface area contributed by atoms with E-state index in [1.807, 2.05) is 6.92 Å². The molecular formula is C10H19NO3S. The maximum absolute atomic E-state index is 11.5. The second kappa shape index (κ2) is 4.96. The molecule has 1 fully saturated rings. The Labute approximate surface area is 91.6 Å². The van der Waals surface area contributed by atoms with E-state index >= 15 is 0 Å². The number of rotatable bonds is 5. The highest BCUT2D eigenvalue weighted by Gasteiger charge is 2.38. The first kappa shape index (κ1) is 12.5. The van der Waals surface area contributed by atoms with Crippen molar-refractivity contribution in [2.24, 2.45) is 0 Å². The van der Waals surface area contributed by atoms with E-state index in [-0.39, 0.29) is 16.9 Å². The number of carbonyl (C=O) groups is 1. The van der Waals surface area contributed by atoms with Gasteiger partial charge in [0, 0.05) is 25.3 Å². The van der Waals surface area contributed by atoms with Crippen LogP contribution in [0, 0.1) is 0 Å². The lowest BCUT2D eigenvalue weighted by Gasteiger charge is -2.38. The van der Waals surface area contributed by atoms with Crippen molar-refractivity contribution in [2.75, 3.05) is 18.8 Å². The Hall–Kier alpha value is -0.580. The van der Waals surface area contributed by atoms with E-state index in [2.05, 4.69) is 0 Å². The fourth-order valence-electron chi connectivity index (χ4n) is 1.59. The lowest BCUT2D eigenvalue weighted by molar-refractivity contribution is -0.134. The molecule has 0 atom stereocenters. The molecule has 4 nitrogen and oxygen atoms in total. The van der Waals surface area contributed by atoms with Crippen molar-refractivity contribution in [1.29, 1.82) is 0 Å². The van der Waals surface area contributed by atoms with Crippen LogP contribution in [0.5, 0.6) is 0 Å². The molecule has 0 aromatic carbocycles. The fraction of sp³-hybridized carbons (Fsp3) is 0.900. The van der Waals surface area contributed by atoms with Gasteiger partial charge in [0.2, 0.25) is 5.91 Å². The van der Waals surface area contributed by atoms with Gasteiger partial charge in [-0.1, -0.05) is 20.3 Å². The number of hydrogen-bond acceptors (Lipinski definition) is 3. The van der Waals surface area contributed by atoms with Crippen molar-refractivity contribution < 1.29 is 13.2 Å². The molecule has 0 bridgehead atoms. The summed E-state index contributed by atoms with van der Waals surface area (Å²) in [5, 5.41) is -0.312. The van der Waals surface area contributed by atoms with Crippen molar-refractivity contribution in [3.63, 3.8) is 0 Å². The van der Waals surface area contributed by atoms with E-state index in [4.69, 9.17) is 0 Å². The highest BCUT2D eigenvalue weighted by atomic mass is 32.2. The van der Waals surface area contributed by atoms with Crippen LogP contribution in [0.15, 0.2) is 0 Å². The molecule has 5 heteroatoms. The number of hydrogen-bond donors (Lipinski definition) is 0. The molecular weight excluding hydrogens is 214 g/mol. The van der Waals surface area contributed by atoms with E-state index in [0.717, 1.165) is 12.8 Å². The molecule has 0 aromatic heterocycles. The summed E-state index contributed by atoms with van der Waals surface area (Å²) in [5.41, 5.74) is 0. The SMILES string of the molecule is CCCCC(=O)N1CC(S(=O)(=O)CC)C1. The second-order valence-electron chi connectivity index (χ2n) is 3.98. The summed E-state index contributed by atoms with van der Waals surface area (Å²) in [6, 6.07) is 0. The first-order valence-corrected chi connectivity index (χ1v) is 7.22. The van der Waals surface area contributed by atoms with Gasteiger partial charge in [-0.25, -0.2) is 8.42 Å². The van der Waals surface area contributed by atoms with E-state index in [9.17, 15) is 13.2 Å². The Morgan fingerprint density at radius 1 is 1.33 bits per heavy atom. The van der Waals surface area contributed by atoms with E-state index in [1.165, 1.54) is 0 Å². The first-order chi connectivity index (χ1) is 7.01. The zero-order chi connectivity index (χ0) is 11.5. The summed E-state index contributed by atoms with van der Waals surface area (Å²) in [6.45, 7) is 4.49. The Morgan fingerprint density at radius 2 is 1.93 bits per heavy atom. The molecule has 1 amide bonds. The number of likely N-dealkylation sites (tertiary alicyclic amines) is 1. The maximum Gasteiger partial charge on any atom is 0.222 e. The minimum atomic E-state index is -2.94. The lowest BCUT2D eigenvalue weighted by Crippen LogP contribution is -2.57. The highest BCUT2D eigenvalue weighted by Crippen LogP contribution is 2.18. The van der Waals surface area contributed by atoms with Crippen LogP contribution in [0.1, 0.15) is 33.1 Å². The molecule has 0 saturated carbocycles. The predicted octanol–water partition coefficient (Wildman–Crippen LogP) is 0.822. The smallest absolute Gasteiger partial charge is 0.222 e. The minimum absolute atomic E-state index is 0.0967. The highest BCUT2D eigenvalue weighted by molar-refractivity contribution is 7.92. The van der Waals surface area contributed by atoms with Crippen molar-refractivity contribution in [3.8, 4) is 0 Å². The van der Waals surface area contributed by atoms with Gasteiger partial charge in [0.1, 0.15) is 0 Å². The molecule has 0 unspecified atom stereocenters. The van der Waals surface area contributed by atoms with Crippen molar-refractivity contribution in [1.82, 2.24) is 4.90 Å². The van der Waals surface area contributed by atoms with Crippen LogP contribution in [0.2, 0.25) is 0 Å². The third kappa shape index (κ3) is 2.93. The second-order valence-corrected chi connectivity index (χ2v) is 6.55. The van der Waals surface area contributed by atoms with Gasteiger partial charge in [0.25, 0.3) is 0 Å². The summed E-state index contributed by atoms with van der Waals surface area (Å²) in [7, 11) is -2.94. The van der Waals surface area contributed by atoms with Crippen LogP contribution in [0.3, 0.4) is 0 Å². The quantitative estimate of drug-likeness (QED) is 0.706. The zero-order valence-corrected chi connectivity index (χ0v) is 10.2. The Balaban J connectivity index is 2.34. The monoisotopic (exact) mass is 233 g/mol. The molecule has 1 rings (SSSR count). The van der Waals surface area contributed by atoms with Gasteiger partial charge in [-0.3, -0.25) is 4.79 Å². The lowest BCUT2D eigenvalue weighted by atomic mass is 10.1. The van der Waals surface area contributed by atoms with Gasteiger partial charge in [0.15, 0.2) is 9.84 Å². The number of carbonyl (C=O) groups excluding carboxylic acids is 1. The zero-order valence-electron chi connectivity index (χ0n) is 9.40. The third-order valence-corrected chi connectivity index (χ3v) is 4.97. The topological polar surface area (TPSA) is 54.5 Å². The van der Waals surface area contributed by atoms with Gasteiger partial charge in [0.05, 0.1) is 5.25 Å². The molecule has 15 heavy (non-hydrogen) atoms. The molecule has 0 spiro atoms. The minimum Gasteiger partial charge on any atom is -0.340 e. The number of nitrogens with zero attached hydrogens (tertiary/aromatic N) is 1. The maximum atomic E-state index is 11.5. The summed E-state index contributed by atoms with van der Waals surface area (Å²) in [6.07, 6.45) is 2.44. The summed E-state index contributed by atoms with van der Waals surface area (Å²) in [4.78, 5) is 13.1. The predicted molar refractivity (Wildman–Crippen MR) is 59.4 cm³/mol. The van der Waals surface area contributed by atoms with Crippen molar-refractivity contribution in [2.45, 2.75) is 38.4 Å². The van der Waals surface area contributed by atoms with Crippen molar-refractivity contribution in [3.05, 3.63) is 0 Å². The van der Waals surface area contributed by atoms with Crippen LogP contribution in [0.25, 0.3) is 0 Å². The number of amides is 1. The fourth-order valence-corrected chi connectivity index (χ4v) is 2.88. The van der Waals surface area contributed by atoms with E-state index in [0.29, 0.717) is 19.5 Å². The molecule has 0 radical (unpaired) electrons. The third-order valence-electron chi connectivity index (χ3n) is 2.86. The van der Waals surface area contributed by atoms with E-state index < -0.39 is 9.84 Å². The van der Waals surface area contributed by atoms with Crippen LogP contribution in [-0.4, -0.2) is 43.3 Å². The normalized spacial score (nSPS) is 17.6. The standard InChI is InChI=1S/C10H19NO3S/c1-3-5-6-10(12)11-7-9(8-11)15(13,14)4-2/h9H,3-8H2,1-2H3. The van der Waals surface area contributed by atoms with Crippen LogP contribution in [0.4, 0.5) is 0 Å². The van der Waals surface area contributed by atoms with Crippen LogP contribution in [-0.2, 0) is 14.6 Å². The summed E-state index contributed by atoms with van der Waals surface area (Å²) in [5.74, 6) is 0.272. The molecule has 1 saturated heterocycles. The van der Waals surface area contributed by atoms with Gasteiger partial charge in [-0.15, -0.1) is 0 Å². The van der Waals surface area contributed by atoms with Crippen LogP contribution >= 0.6 is 0 Å². The molecule has 0 aliphatic carbocycles. The van der Waals surface area contributed by atoms with Crippen molar-refractivity contribution >= 4 is 15.7 Å². The average molecular weight is 233 g/mol. The molecule has 0 aromatic rings. The van der Waals surface area contributed by atoms with Crippen LogP contribution < -0.4 is 0 Å². The van der Waals surface area contributed by atoms with Gasteiger partial charge < -0.3 is 4.90 Å². The first-order valence-electron chi connectivity index (χ1n) is 5.50. The van der Waals surface area contributed by atoms with Gasteiger partial charge in [-0.2, -0.15) is 0 Å². The van der Waals surface area contributed by atoms with Gasteiger partial charge in [-0.05, 0) is 6.42 Å². The summed E-state index contributed by atoms with van der Waals surface area (Å²) >= 11 is 0. The molecule has 1 aliphatic heterocycles. The largest absolute Gasteiger partial charge is 0.340 e.